The van der Waals surface area contributed by atoms with Crippen molar-refractivity contribution >= 4 is 40.1 Å². The first-order valence-electron chi connectivity index (χ1n) is 6.76. The molecule has 2 aromatic rings. The molecule has 1 amide bonds. The third-order valence-electron chi connectivity index (χ3n) is 3.03. The Labute approximate surface area is 135 Å². The molecule has 6 nitrogen and oxygen atoms in total. The van der Waals surface area contributed by atoms with E-state index in [9.17, 15) is 9.59 Å². The summed E-state index contributed by atoms with van der Waals surface area (Å²) in [6.45, 7) is 2.11. The second kappa shape index (κ2) is 6.53. The molecule has 8 heteroatoms. The quantitative estimate of drug-likeness (QED) is 0.780. The Kier molecular flexibility index (Phi) is 4.49. The maximum Gasteiger partial charge on any atom is 0.311 e. The summed E-state index contributed by atoms with van der Waals surface area (Å²) in [4.78, 5) is 29.7. The average Bonchev–Trinajstić information content (AvgIpc) is 3.18. The molecule has 116 valence electrons. The van der Waals surface area contributed by atoms with Crippen LogP contribution in [0.5, 0.6) is 0 Å². The van der Waals surface area contributed by atoms with Gasteiger partial charge in [0.1, 0.15) is 11.1 Å². The minimum Gasteiger partial charge on any atom is -0.466 e. The molecule has 1 saturated heterocycles. The monoisotopic (exact) mass is 338 g/mol. The minimum atomic E-state index is -0.316. The number of furan rings is 1. The van der Waals surface area contributed by atoms with Crippen molar-refractivity contribution in [3.63, 3.8) is 0 Å². The maximum absolute atomic E-state index is 12.2. The number of carbonyl (C=O) groups is 2. The van der Waals surface area contributed by atoms with Crippen LogP contribution in [0.1, 0.15) is 23.8 Å². The predicted molar refractivity (Wildman–Crippen MR) is 83.8 cm³/mol. The highest BCUT2D eigenvalue weighted by Crippen LogP contribution is 2.42. The SMILES string of the molecule is CCOC(=O)Cc1csc(N2C(=O)CSC2c2ccco2)n1. The molecule has 0 aliphatic carbocycles. The number of thioether (sulfide) groups is 1. The Morgan fingerprint density at radius 2 is 2.45 bits per heavy atom. The van der Waals surface area contributed by atoms with E-state index in [2.05, 4.69) is 4.98 Å². The molecule has 1 atom stereocenters. The van der Waals surface area contributed by atoms with Gasteiger partial charge in [0.05, 0.1) is 30.7 Å². The standard InChI is InChI=1S/C14H14N2O4S2/c1-2-19-12(18)6-9-7-22-14(15-9)16-11(17)8-21-13(16)10-4-3-5-20-10/h3-5,7,13H,2,6,8H2,1H3. The lowest BCUT2D eigenvalue weighted by Crippen LogP contribution is -2.27. The summed E-state index contributed by atoms with van der Waals surface area (Å²) in [6.07, 6.45) is 1.70. The van der Waals surface area contributed by atoms with Gasteiger partial charge in [-0.3, -0.25) is 14.5 Å². The van der Waals surface area contributed by atoms with Gasteiger partial charge in [-0.05, 0) is 19.1 Å². The molecular weight excluding hydrogens is 324 g/mol. The summed E-state index contributed by atoms with van der Waals surface area (Å²) in [6, 6.07) is 3.64. The van der Waals surface area contributed by atoms with Crippen LogP contribution in [0.3, 0.4) is 0 Å². The number of esters is 1. The van der Waals surface area contributed by atoms with Crippen molar-refractivity contribution in [3.8, 4) is 0 Å². The normalized spacial score (nSPS) is 18.0. The lowest BCUT2D eigenvalue weighted by Gasteiger charge is -2.18. The van der Waals surface area contributed by atoms with Crippen molar-refractivity contribution in [2.24, 2.45) is 0 Å². The maximum atomic E-state index is 12.2. The van der Waals surface area contributed by atoms with Gasteiger partial charge in [-0.1, -0.05) is 0 Å². The van der Waals surface area contributed by atoms with Crippen molar-refractivity contribution in [2.45, 2.75) is 18.7 Å². The number of aromatic nitrogens is 1. The molecule has 0 radical (unpaired) electrons. The van der Waals surface area contributed by atoms with Gasteiger partial charge in [0.2, 0.25) is 5.91 Å². The van der Waals surface area contributed by atoms with Crippen molar-refractivity contribution in [1.82, 2.24) is 4.98 Å². The first-order chi connectivity index (χ1) is 10.7. The van der Waals surface area contributed by atoms with E-state index >= 15 is 0 Å². The molecule has 0 saturated carbocycles. The number of amides is 1. The second-order valence-corrected chi connectivity index (χ2v) is 6.45. The van der Waals surface area contributed by atoms with E-state index in [4.69, 9.17) is 9.15 Å². The molecule has 3 rings (SSSR count). The van der Waals surface area contributed by atoms with Crippen LogP contribution in [0.4, 0.5) is 5.13 Å². The largest absolute Gasteiger partial charge is 0.466 e. The van der Waals surface area contributed by atoms with E-state index in [1.165, 1.54) is 23.1 Å². The van der Waals surface area contributed by atoms with Crippen LogP contribution in [-0.2, 0) is 20.7 Å². The van der Waals surface area contributed by atoms with Gasteiger partial charge in [0.15, 0.2) is 5.13 Å². The number of ether oxygens (including phenoxy) is 1. The Bertz CT molecular complexity index is 668. The van der Waals surface area contributed by atoms with Crippen molar-refractivity contribution < 1.29 is 18.7 Å². The zero-order valence-corrected chi connectivity index (χ0v) is 13.5. The van der Waals surface area contributed by atoms with E-state index in [0.29, 0.717) is 23.2 Å². The topological polar surface area (TPSA) is 72.6 Å². The second-order valence-electron chi connectivity index (χ2n) is 4.55. The molecule has 1 unspecified atom stereocenters. The molecule has 0 bridgehead atoms. The highest BCUT2D eigenvalue weighted by Gasteiger charge is 2.37. The Morgan fingerprint density at radius 1 is 1.59 bits per heavy atom. The molecule has 1 aliphatic heterocycles. The number of anilines is 1. The summed E-state index contributed by atoms with van der Waals surface area (Å²) >= 11 is 2.84. The van der Waals surface area contributed by atoms with Gasteiger partial charge >= 0.3 is 5.97 Å². The van der Waals surface area contributed by atoms with Crippen LogP contribution in [0, 0.1) is 0 Å². The minimum absolute atomic E-state index is 0.0107. The Balaban J connectivity index is 1.79. The fraction of sp³-hybridized carbons (Fsp3) is 0.357. The fourth-order valence-electron chi connectivity index (χ4n) is 2.12. The van der Waals surface area contributed by atoms with Gasteiger partial charge < -0.3 is 9.15 Å². The van der Waals surface area contributed by atoms with Crippen molar-refractivity contribution in [3.05, 3.63) is 35.2 Å². The first-order valence-corrected chi connectivity index (χ1v) is 8.69. The van der Waals surface area contributed by atoms with Crippen LogP contribution in [-0.4, -0.2) is 29.2 Å². The highest BCUT2D eigenvalue weighted by molar-refractivity contribution is 8.00. The molecule has 0 N–H and O–H groups in total. The number of hydrogen-bond donors (Lipinski definition) is 0. The number of nitrogens with zero attached hydrogens (tertiary/aromatic N) is 2. The number of hydrogen-bond acceptors (Lipinski definition) is 7. The summed E-state index contributed by atoms with van der Waals surface area (Å²) in [7, 11) is 0. The zero-order chi connectivity index (χ0) is 15.5. The summed E-state index contributed by atoms with van der Waals surface area (Å²) < 4.78 is 10.3. The van der Waals surface area contributed by atoms with Gasteiger partial charge in [-0.25, -0.2) is 4.98 Å². The van der Waals surface area contributed by atoms with Gasteiger partial charge in [0.25, 0.3) is 0 Å². The number of carbonyl (C=O) groups excluding carboxylic acids is 2. The Morgan fingerprint density at radius 3 is 3.18 bits per heavy atom. The zero-order valence-electron chi connectivity index (χ0n) is 11.9. The van der Waals surface area contributed by atoms with E-state index in [1.54, 1.807) is 29.5 Å². The van der Waals surface area contributed by atoms with Gasteiger partial charge in [-0.15, -0.1) is 23.1 Å². The van der Waals surface area contributed by atoms with Gasteiger partial charge in [-0.2, -0.15) is 0 Å². The van der Waals surface area contributed by atoms with Crippen LogP contribution in [0.25, 0.3) is 0 Å². The average molecular weight is 338 g/mol. The van der Waals surface area contributed by atoms with Crippen LogP contribution in [0.2, 0.25) is 0 Å². The summed E-state index contributed by atoms with van der Waals surface area (Å²) in [5, 5.41) is 2.15. The third kappa shape index (κ3) is 3.02. The van der Waals surface area contributed by atoms with Crippen LogP contribution >= 0.6 is 23.1 Å². The summed E-state index contributed by atoms with van der Waals surface area (Å²) in [5.74, 6) is 0.781. The first kappa shape index (κ1) is 15.1. The lowest BCUT2D eigenvalue weighted by molar-refractivity contribution is -0.142. The van der Waals surface area contributed by atoms with Crippen molar-refractivity contribution in [1.29, 1.82) is 0 Å². The van der Waals surface area contributed by atoms with E-state index in [1.807, 2.05) is 6.07 Å². The van der Waals surface area contributed by atoms with Gasteiger partial charge in [0, 0.05) is 5.38 Å². The fourth-order valence-corrected chi connectivity index (χ4v) is 4.16. The predicted octanol–water partition coefficient (Wildman–Crippen LogP) is 2.62. The smallest absolute Gasteiger partial charge is 0.311 e. The molecule has 0 spiro atoms. The third-order valence-corrected chi connectivity index (χ3v) is 5.09. The van der Waals surface area contributed by atoms with Crippen LogP contribution in [0.15, 0.2) is 28.2 Å². The summed E-state index contributed by atoms with van der Waals surface area (Å²) in [5.41, 5.74) is 0.612. The Hall–Kier alpha value is -1.80. The number of thiazole rings is 1. The highest BCUT2D eigenvalue weighted by atomic mass is 32.2. The van der Waals surface area contributed by atoms with Crippen LogP contribution < -0.4 is 4.90 Å². The molecule has 3 heterocycles. The molecule has 0 aromatic carbocycles. The van der Waals surface area contributed by atoms with E-state index < -0.39 is 0 Å². The van der Waals surface area contributed by atoms with E-state index in [-0.39, 0.29) is 23.7 Å². The van der Waals surface area contributed by atoms with Crippen molar-refractivity contribution in [2.75, 3.05) is 17.3 Å². The molecular formula is C14H14N2O4S2. The van der Waals surface area contributed by atoms with E-state index in [0.717, 1.165) is 5.76 Å². The molecule has 22 heavy (non-hydrogen) atoms. The number of rotatable bonds is 5. The molecule has 2 aromatic heterocycles. The molecule has 1 fully saturated rings. The molecule has 1 aliphatic rings. The lowest BCUT2D eigenvalue weighted by atomic mass is 10.3.